The maximum Gasteiger partial charge on any atom is 0.340 e. The Morgan fingerprint density at radius 3 is 2.75 bits per heavy atom. The van der Waals surface area contributed by atoms with E-state index in [1.807, 2.05) is 38.1 Å². The van der Waals surface area contributed by atoms with E-state index in [1.54, 1.807) is 0 Å². The Bertz CT molecular complexity index is 653. The normalized spacial score (nSPS) is 11.1. The van der Waals surface area contributed by atoms with Gasteiger partial charge in [0.2, 0.25) is 0 Å². The van der Waals surface area contributed by atoms with E-state index in [4.69, 9.17) is 11.6 Å². The number of carboxylic acid groups (broad SMARTS) is 1. The average Bonchev–Trinajstić information content (AvgIpc) is 2.65. The quantitative estimate of drug-likeness (QED) is 0.893. The third kappa shape index (κ3) is 3.04. The summed E-state index contributed by atoms with van der Waals surface area (Å²) in [6.07, 6.45) is 0.572. The molecule has 0 unspecified atom stereocenters. The first-order valence-corrected chi connectivity index (χ1v) is 7.34. The summed E-state index contributed by atoms with van der Waals surface area (Å²) in [7, 11) is 0. The highest BCUT2D eigenvalue weighted by Crippen LogP contribution is 2.26. The number of halogens is 2. The lowest BCUT2D eigenvalue weighted by atomic mass is 10.1. The SMILES string of the molecule is CC(C)Cc1nn(-c2cccc(Br)c2)c(Cl)c1C(=O)O. The number of nitrogens with zero attached hydrogens (tertiary/aromatic N) is 2. The molecule has 0 bridgehead atoms. The molecule has 6 heteroatoms. The second-order valence-corrected chi connectivity index (χ2v) is 6.18. The summed E-state index contributed by atoms with van der Waals surface area (Å²) in [6, 6.07) is 7.39. The van der Waals surface area contributed by atoms with Gasteiger partial charge in [0.1, 0.15) is 10.7 Å². The van der Waals surface area contributed by atoms with Crippen LogP contribution in [0.3, 0.4) is 0 Å². The summed E-state index contributed by atoms with van der Waals surface area (Å²) < 4.78 is 2.34. The van der Waals surface area contributed by atoms with Crippen molar-refractivity contribution in [3.05, 3.63) is 45.1 Å². The van der Waals surface area contributed by atoms with Gasteiger partial charge in [-0.2, -0.15) is 5.10 Å². The molecule has 0 saturated heterocycles. The number of rotatable bonds is 4. The van der Waals surface area contributed by atoms with E-state index >= 15 is 0 Å². The highest BCUT2D eigenvalue weighted by Gasteiger charge is 2.23. The zero-order valence-corrected chi connectivity index (χ0v) is 13.4. The third-order valence-corrected chi connectivity index (χ3v) is 3.61. The van der Waals surface area contributed by atoms with Crippen LogP contribution in [-0.4, -0.2) is 20.9 Å². The molecule has 1 N–H and O–H groups in total. The zero-order chi connectivity index (χ0) is 14.9. The van der Waals surface area contributed by atoms with E-state index in [9.17, 15) is 9.90 Å². The van der Waals surface area contributed by atoms with Gasteiger partial charge in [-0.1, -0.05) is 47.4 Å². The van der Waals surface area contributed by atoms with Crippen LogP contribution >= 0.6 is 27.5 Å². The van der Waals surface area contributed by atoms with Crippen LogP contribution < -0.4 is 0 Å². The lowest BCUT2D eigenvalue weighted by molar-refractivity contribution is 0.0696. The van der Waals surface area contributed by atoms with E-state index in [1.165, 1.54) is 4.68 Å². The van der Waals surface area contributed by atoms with Gasteiger partial charge >= 0.3 is 5.97 Å². The Labute approximate surface area is 130 Å². The monoisotopic (exact) mass is 356 g/mol. The van der Waals surface area contributed by atoms with Crippen LogP contribution in [0.4, 0.5) is 0 Å². The Morgan fingerprint density at radius 1 is 1.50 bits per heavy atom. The van der Waals surface area contributed by atoms with Gasteiger partial charge in [0.15, 0.2) is 0 Å². The molecule has 0 aliphatic heterocycles. The summed E-state index contributed by atoms with van der Waals surface area (Å²) in [5.74, 6) is -0.748. The number of benzene rings is 1. The van der Waals surface area contributed by atoms with Crippen molar-refractivity contribution in [2.45, 2.75) is 20.3 Å². The predicted molar refractivity (Wildman–Crippen MR) is 81.8 cm³/mol. The minimum absolute atomic E-state index is 0.0837. The van der Waals surface area contributed by atoms with Gasteiger partial charge in [0.25, 0.3) is 0 Å². The number of aromatic carboxylic acids is 1. The first-order chi connectivity index (χ1) is 9.40. The van der Waals surface area contributed by atoms with E-state index in [0.29, 0.717) is 18.0 Å². The molecular weight excluding hydrogens is 344 g/mol. The molecule has 106 valence electrons. The van der Waals surface area contributed by atoms with Crippen molar-refractivity contribution in [1.29, 1.82) is 0 Å². The third-order valence-electron chi connectivity index (χ3n) is 2.77. The molecule has 0 fully saturated rings. The molecule has 0 aliphatic rings. The molecule has 0 atom stereocenters. The number of aromatic nitrogens is 2. The molecule has 0 saturated carbocycles. The van der Waals surface area contributed by atoms with Crippen LogP contribution in [0, 0.1) is 5.92 Å². The van der Waals surface area contributed by atoms with Gasteiger partial charge in [-0.05, 0) is 30.5 Å². The summed E-state index contributed by atoms with van der Waals surface area (Å²) >= 11 is 9.58. The van der Waals surface area contributed by atoms with Crippen molar-refractivity contribution in [3.63, 3.8) is 0 Å². The fourth-order valence-electron chi connectivity index (χ4n) is 1.96. The number of hydrogen-bond acceptors (Lipinski definition) is 2. The smallest absolute Gasteiger partial charge is 0.340 e. The molecule has 0 radical (unpaired) electrons. The molecule has 20 heavy (non-hydrogen) atoms. The van der Waals surface area contributed by atoms with Crippen LogP contribution in [0.2, 0.25) is 5.15 Å². The van der Waals surface area contributed by atoms with Crippen molar-refractivity contribution in [2.75, 3.05) is 0 Å². The van der Waals surface area contributed by atoms with E-state index in [0.717, 1.165) is 10.2 Å². The Morgan fingerprint density at radius 2 is 2.20 bits per heavy atom. The topological polar surface area (TPSA) is 55.1 Å². The van der Waals surface area contributed by atoms with Gasteiger partial charge in [-0.3, -0.25) is 0 Å². The number of hydrogen-bond donors (Lipinski definition) is 1. The first kappa shape index (κ1) is 15.1. The molecule has 0 amide bonds. The Balaban J connectivity index is 2.58. The summed E-state index contributed by atoms with van der Waals surface area (Å²) in [6.45, 7) is 4.02. The first-order valence-electron chi connectivity index (χ1n) is 6.16. The Hall–Kier alpha value is -1.33. The summed E-state index contributed by atoms with van der Waals surface area (Å²) in [5.41, 5.74) is 1.32. The second-order valence-electron chi connectivity index (χ2n) is 4.91. The van der Waals surface area contributed by atoms with Crippen LogP contribution in [0.15, 0.2) is 28.7 Å². The minimum atomic E-state index is -1.05. The standard InChI is InChI=1S/C14H14BrClN2O2/c1-8(2)6-11-12(14(19)20)13(16)18(17-11)10-5-3-4-9(15)7-10/h3-5,7-8H,6H2,1-2H3,(H,19,20). The van der Waals surface area contributed by atoms with Crippen molar-refractivity contribution < 1.29 is 9.90 Å². The van der Waals surface area contributed by atoms with Gasteiger partial charge in [-0.15, -0.1) is 0 Å². The van der Waals surface area contributed by atoms with Gasteiger partial charge < -0.3 is 5.11 Å². The van der Waals surface area contributed by atoms with Crippen LogP contribution in [0.25, 0.3) is 5.69 Å². The molecule has 4 nitrogen and oxygen atoms in total. The maximum absolute atomic E-state index is 11.4. The fraction of sp³-hybridized carbons (Fsp3) is 0.286. The Kier molecular flexibility index (Phi) is 4.50. The molecule has 1 heterocycles. The summed E-state index contributed by atoms with van der Waals surface area (Å²) in [4.78, 5) is 11.4. The minimum Gasteiger partial charge on any atom is -0.478 e. The molecule has 2 rings (SSSR count). The van der Waals surface area contributed by atoms with Crippen LogP contribution in [0.1, 0.15) is 29.9 Å². The van der Waals surface area contributed by atoms with Crippen molar-refractivity contribution in [3.8, 4) is 5.69 Å². The van der Waals surface area contributed by atoms with Crippen molar-refractivity contribution in [2.24, 2.45) is 5.92 Å². The lowest BCUT2D eigenvalue weighted by Gasteiger charge is -2.03. The summed E-state index contributed by atoms with van der Waals surface area (Å²) in [5, 5.41) is 13.8. The highest BCUT2D eigenvalue weighted by atomic mass is 79.9. The fourth-order valence-corrected chi connectivity index (χ4v) is 2.67. The molecule has 2 aromatic rings. The van der Waals surface area contributed by atoms with E-state index in [-0.39, 0.29) is 10.7 Å². The zero-order valence-electron chi connectivity index (χ0n) is 11.1. The van der Waals surface area contributed by atoms with Crippen LogP contribution in [0.5, 0.6) is 0 Å². The van der Waals surface area contributed by atoms with Crippen molar-refractivity contribution >= 4 is 33.5 Å². The molecular formula is C14H14BrClN2O2. The van der Waals surface area contributed by atoms with Gasteiger partial charge in [0, 0.05) is 4.47 Å². The van der Waals surface area contributed by atoms with E-state index < -0.39 is 5.97 Å². The number of carbonyl (C=O) groups is 1. The maximum atomic E-state index is 11.4. The number of carboxylic acids is 1. The average molecular weight is 358 g/mol. The lowest BCUT2D eigenvalue weighted by Crippen LogP contribution is -2.03. The van der Waals surface area contributed by atoms with Gasteiger partial charge in [0.05, 0.1) is 11.4 Å². The molecule has 0 spiro atoms. The molecule has 1 aromatic carbocycles. The van der Waals surface area contributed by atoms with Gasteiger partial charge in [-0.25, -0.2) is 9.48 Å². The highest BCUT2D eigenvalue weighted by molar-refractivity contribution is 9.10. The largest absolute Gasteiger partial charge is 0.478 e. The van der Waals surface area contributed by atoms with Crippen LogP contribution in [-0.2, 0) is 6.42 Å². The predicted octanol–water partition coefficient (Wildman–Crippen LogP) is 4.18. The second kappa shape index (κ2) is 5.97. The van der Waals surface area contributed by atoms with Crippen molar-refractivity contribution in [1.82, 2.24) is 9.78 Å². The molecule has 1 aromatic heterocycles. The van der Waals surface area contributed by atoms with E-state index in [2.05, 4.69) is 21.0 Å². The molecule has 0 aliphatic carbocycles.